The van der Waals surface area contributed by atoms with E-state index < -0.39 is 0 Å². The molecular formula is C10H24ClN. The monoisotopic (exact) mass is 193 g/mol. The van der Waals surface area contributed by atoms with Crippen molar-refractivity contribution in [1.82, 2.24) is 0 Å². The van der Waals surface area contributed by atoms with Gasteiger partial charge in [0.1, 0.15) is 0 Å². The number of hydrogen-bond donors (Lipinski definition) is 1. The second-order valence-electron chi connectivity index (χ2n) is 4.22. The van der Waals surface area contributed by atoms with Crippen LogP contribution in [0.5, 0.6) is 0 Å². The minimum absolute atomic E-state index is 0. The molecular weight excluding hydrogens is 170 g/mol. The van der Waals surface area contributed by atoms with Crippen LogP contribution in [0.25, 0.3) is 0 Å². The summed E-state index contributed by atoms with van der Waals surface area (Å²) in [7, 11) is 0. The first kappa shape index (κ1) is 14.8. The van der Waals surface area contributed by atoms with Gasteiger partial charge in [0.15, 0.2) is 0 Å². The van der Waals surface area contributed by atoms with Gasteiger partial charge in [-0.05, 0) is 26.2 Å². The van der Waals surface area contributed by atoms with Crippen molar-refractivity contribution < 1.29 is 0 Å². The van der Waals surface area contributed by atoms with Crippen molar-refractivity contribution in [3.8, 4) is 0 Å². The summed E-state index contributed by atoms with van der Waals surface area (Å²) in [6.07, 6.45) is 5.26. The highest BCUT2D eigenvalue weighted by Crippen LogP contribution is 2.19. The summed E-state index contributed by atoms with van der Waals surface area (Å²) in [5.74, 6) is 0.647. The van der Waals surface area contributed by atoms with E-state index >= 15 is 0 Å². The molecule has 2 heteroatoms. The van der Waals surface area contributed by atoms with E-state index in [9.17, 15) is 0 Å². The molecule has 2 N–H and O–H groups in total. The van der Waals surface area contributed by atoms with Crippen molar-refractivity contribution in [1.29, 1.82) is 0 Å². The zero-order chi connectivity index (χ0) is 8.91. The fourth-order valence-corrected chi connectivity index (χ4v) is 1.07. The SMILES string of the molecule is CCCCCC(C)C(C)(C)N.Cl. The molecule has 1 atom stereocenters. The van der Waals surface area contributed by atoms with Crippen LogP contribution in [-0.2, 0) is 0 Å². The van der Waals surface area contributed by atoms with Gasteiger partial charge in [-0.3, -0.25) is 0 Å². The van der Waals surface area contributed by atoms with E-state index in [-0.39, 0.29) is 17.9 Å². The van der Waals surface area contributed by atoms with Crippen molar-refractivity contribution in [2.75, 3.05) is 0 Å². The molecule has 0 aromatic rings. The van der Waals surface area contributed by atoms with Crippen molar-refractivity contribution in [3.63, 3.8) is 0 Å². The Hall–Kier alpha value is 0.250. The van der Waals surface area contributed by atoms with Crippen molar-refractivity contribution in [3.05, 3.63) is 0 Å². The first-order valence-electron chi connectivity index (χ1n) is 4.77. The first-order valence-corrected chi connectivity index (χ1v) is 4.77. The number of halogens is 1. The molecule has 0 radical (unpaired) electrons. The molecule has 0 fully saturated rings. The zero-order valence-corrected chi connectivity index (χ0v) is 9.71. The smallest absolute Gasteiger partial charge is 0.0123 e. The summed E-state index contributed by atoms with van der Waals surface area (Å²) in [6, 6.07) is 0. The Balaban J connectivity index is 0. The molecule has 0 rings (SSSR count). The van der Waals surface area contributed by atoms with E-state index in [0.717, 1.165) is 0 Å². The van der Waals surface area contributed by atoms with Crippen LogP contribution in [0.4, 0.5) is 0 Å². The highest BCUT2D eigenvalue weighted by atomic mass is 35.5. The average Bonchev–Trinajstić information content (AvgIpc) is 1.86. The number of rotatable bonds is 5. The van der Waals surface area contributed by atoms with E-state index in [0.29, 0.717) is 5.92 Å². The minimum Gasteiger partial charge on any atom is -0.325 e. The summed E-state index contributed by atoms with van der Waals surface area (Å²) in [4.78, 5) is 0. The first-order chi connectivity index (χ1) is 4.98. The Morgan fingerprint density at radius 2 is 1.75 bits per heavy atom. The van der Waals surface area contributed by atoms with Crippen molar-refractivity contribution in [2.24, 2.45) is 11.7 Å². The lowest BCUT2D eigenvalue weighted by molar-refractivity contribution is 0.317. The maximum atomic E-state index is 5.96. The predicted molar refractivity (Wildman–Crippen MR) is 58.8 cm³/mol. The second kappa shape index (κ2) is 6.73. The highest BCUT2D eigenvalue weighted by Gasteiger charge is 2.19. The molecule has 0 bridgehead atoms. The molecule has 76 valence electrons. The minimum atomic E-state index is 0. The summed E-state index contributed by atoms with van der Waals surface area (Å²) in [5, 5.41) is 0. The normalized spacial score (nSPS) is 13.8. The molecule has 0 aromatic heterocycles. The van der Waals surface area contributed by atoms with Gasteiger partial charge in [0, 0.05) is 5.54 Å². The van der Waals surface area contributed by atoms with Gasteiger partial charge >= 0.3 is 0 Å². The van der Waals surface area contributed by atoms with Gasteiger partial charge in [0.25, 0.3) is 0 Å². The third-order valence-corrected chi connectivity index (χ3v) is 2.51. The van der Waals surface area contributed by atoms with Crippen molar-refractivity contribution in [2.45, 2.75) is 58.9 Å². The topological polar surface area (TPSA) is 26.0 Å². The Bertz CT molecular complexity index is 96.5. The Morgan fingerprint density at radius 3 is 2.08 bits per heavy atom. The van der Waals surface area contributed by atoms with Gasteiger partial charge < -0.3 is 5.73 Å². The molecule has 0 aliphatic rings. The Morgan fingerprint density at radius 1 is 1.25 bits per heavy atom. The third-order valence-electron chi connectivity index (χ3n) is 2.51. The van der Waals surface area contributed by atoms with Gasteiger partial charge in [-0.25, -0.2) is 0 Å². The van der Waals surface area contributed by atoms with Crippen LogP contribution in [0.15, 0.2) is 0 Å². The fourth-order valence-electron chi connectivity index (χ4n) is 1.07. The van der Waals surface area contributed by atoms with Gasteiger partial charge in [-0.15, -0.1) is 12.4 Å². The number of unbranched alkanes of at least 4 members (excludes halogenated alkanes) is 2. The third kappa shape index (κ3) is 6.93. The van der Waals surface area contributed by atoms with Crippen LogP contribution >= 0.6 is 12.4 Å². The number of hydrogen-bond acceptors (Lipinski definition) is 1. The van der Waals surface area contributed by atoms with E-state index in [4.69, 9.17) is 5.73 Å². The largest absolute Gasteiger partial charge is 0.325 e. The van der Waals surface area contributed by atoms with E-state index in [1.807, 2.05) is 0 Å². The molecule has 12 heavy (non-hydrogen) atoms. The molecule has 0 saturated heterocycles. The molecule has 0 heterocycles. The molecule has 0 aliphatic carbocycles. The quantitative estimate of drug-likeness (QED) is 0.666. The van der Waals surface area contributed by atoms with Gasteiger partial charge in [-0.2, -0.15) is 0 Å². The van der Waals surface area contributed by atoms with Crippen LogP contribution in [0, 0.1) is 5.92 Å². The lowest BCUT2D eigenvalue weighted by Gasteiger charge is -2.27. The fraction of sp³-hybridized carbons (Fsp3) is 1.00. The number of nitrogens with two attached hydrogens (primary N) is 1. The van der Waals surface area contributed by atoms with Gasteiger partial charge in [0.2, 0.25) is 0 Å². The zero-order valence-electron chi connectivity index (χ0n) is 8.89. The molecule has 0 saturated carbocycles. The maximum absolute atomic E-state index is 5.96. The van der Waals surface area contributed by atoms with Gasteiger partial charge in [0.05, 0.1) is 0 Å². The summed E-state index contributed by atoms with van der Waals surface area (Å²) >= 11 is 0. The van der Waals surface area contributed by atoms with E-state index in [1.54, 1.807) is 0 Å². The Labute approximate surface area is 83.5 Å². The van der Waals surface area contributed by atoms with E-state index in [1.165, 1.54) is 25.7 Å². The lowest BCUT2D eigenvalue weighted by Crippen LogP contribution is -2.39. The van der Waals surface area contributed by atoms with Gasteiger partial charge in [-0.1, -0.05) is 33.1 Å². The summed E-state index contributed by atoms with van der Waals surface area (Å²) in [5.41, 5.74) is 5.97. The van der Waals surface area contributed by atoms with Crippen LogP contribution in [-0.4, -0.2) is 5.54 Å². The molecule has 1 unspecified atom stereocenters. The standard InChI is InChI=1S/C10H23N.ClH/c1-5-6-7-8-9(2)10(3,4)11;/h9H,5-8,11H2,1-4H3;1H. The average molecular weight is 194 g/mol. The lowest BCUT2D eigenvalue weighted by atomic mass is 9.86. The van der Waals surface area contributed by atoms with Crippen LogP contribution < -0.4 is 5.73 Å². The van der Waals surface area contributed by atoms with Crippen LogP contribution in [0.1, 0.15) is 53.4 Å². The van der Waals surface area contributed by atoms with Crippen LogP contribution in [0.2, 0.25) is 0 Å². The summed E-state index contributed by atoms with van der Waals surface area (Å²) in [6.45, 7) is 8.71. The van der Waals surface area contributed by atoms with Crippen molar-refractivity contribution >= 4 is 12.4 Å². The maximum Gasteiger partial charge on any atom is 0.0123 e. The molecule has 0 spiro atoms. The second-order valence-corrected chi connectivity index (χ2v) is 4.22. The van der Waals surface area contributed by atoms with Crippen LogP contribution in [0.3, 0.4) is 0 Å². The molecule has 0 aliphatic heterocycles. The molecule has 1 nitrogen and oxygen atoms in total. The Kier molecular flexibility index (Phi) is 8.28. The highest BCUT2D eigenvalue weighted by molar-refractivity contribution is 5.85. The van der Waals surface area contributed by atoms with E-state index in [2.05, 4.69) is 27.7 Å². The molecule has 0 aromatic carbocycles. The molecule has 0 amide bonds. The predicted octanol–water partition coefficient (Wildman–Crippen LogP) is 3.36. The summed E-state index contributed by atoms with van der Waals surface area (Å²) < 4.78 is 0.